The Morgan fingerprint density at radius 1 is 0.753 bits per heavy atom. The van der Waals surface area contributed by atoms with E-state index >= 15 is 0 Å². The van der Waals surface area contributed by atoms with Gasteiger partial charge in [0.2, 0.25) is 16.7 Å². The van der Waals surface area contributed by atoms with E-state index in [1.165, 1.54) is 12.1 Å². The third-order valence-electron chi connectivity index (χ3n) is 9.87. The Hall–Kier alpha value is -7.12. The average molecular weight is 1120 g/mol. The van der Waals surface area contributed by atoms with Crippen molar-refractivity contribution in [2.45, 2.75) is 33.8 Å². The van der Waals surface area contributed by atoms with Crippen LogP contribution in [0.4, 0.5) is 33.6 Å². The highest BCUT2D eigenvalue weighted by atomic mass is 32.2. The number of aromatic hydroxyl groups is 2. The Labute approximate surface area is 417 Å². The van der Waals surface area contributed by atoms with Crippen LogP contribution in [0.25, 0.3) is 26.7 Å². The van der Waals surface area contributed by atoms with E-state index in [-0.39, 0.29) is 57.5 Å². The van der Waals surface area contributed by atoms with Crippen molar-refractivity contribution in [3.8, 4) is 23.1 Å². The first-order valence-electron chi connectivity index (χ1n) is 19.8. The van der Waals surface area contributed by atoms with Gasteiger partial charge in [-0.25, -0.2) is 14.0 Å². The normalized spacial score (nSPS) is 13.2. The molecule has 0 saturated heterocycles. The van der Waals surface area contributed by atoms with Gasteiger partial charge in [0, 0.05) is 16.8 Å². The first kappa shape index (κ1) is 53.7. The van der Waals surface area contributed by atoms with Crippen LogP contribution >= 0.6 is 11.3 Å². The van der Waals surface area contributed by atoms with E-state index in [1.54, 1.807) is 25.1 Å². The van der Waals surface area contributed by atoms with Crippen LogP contribution < -0.4 is 4.74 Å². The summed E-state index contributed by atoms with van der Waals surface area (Å²) in [6.45, 7) is 1.37. The number of fused-ring (bicyclic) bond motifs is 2. The fraction of sp³-hybridized carbons (Fsp3) is 0.154. The smallest absolute Gasteiger partial charge is 0.361 e. The summed E-state index contributed by atoms with van der Waals surface area (Å²) in [5, 5.41) is 50.2. The van der Waals surface area contributed by atoms with Gasteiger partial charge in [-0.2, -0.15) is 43.5 Å². The van der Waals surface area contributed by atoms with Gasteiger partial charge in [-0.1, -0.05) is 23.5 Å². The van der Waals surface area contributed by atoms with Gasteiger partial charge in [-0.05, 0) is 79.1 Å². The Morgan fingerprint density at radius 2 is 1.42 bits per heavy atom. The summed E-state index contributed by atoms with van der Waals surface area (Å²) in [6.07, 6.45) is -0.160. The SMILES string of the molecule is COC(=O)c1nn(-c2ccc(S(=O)(=O)O)cc2S(=O)(=O)O)c(O)c1N=Nc1ccc2c(O)c(N=Nc3cc(C)c(N=Nc4nc5ccc(CS(=O)O)cc5s4)cc3OCCCS(=O)(=O)O)ccc2c1S(=O)(=O)O. The minimum absolute atomic E-state index is 0.00759. The van der Waals surface area contributed by atoms with Crippen LogP contribution in [0.3, 0.4) is 0 Å². The van der Waals surface area contributed by atoms with Crippen molar-refractivity contribution in [3.63, 3.8) is 0 Å². The summed E-state index contributed by atoms with van der Waals surface area (Å²) >= 11 is -0.896. The van der Waals surface area contributed by atoms with Crippen molar-refractivity contribution in [1.82, 2.24) is 14.8 Å². The number of hydrogen-bond acceptors (Lipinski definition) is 23. The number of methoxy groups -OCH3 is 1. The predicted molar refractivity (Wildman–Crippen MR) is 256 cm³/mol. The summed E-state index contributed by atoms with van der Waals surface area (Å²) in [4.78, 5) is 13.9. The van der Waals surface area contributed by atoms with E-state index in [1.807, 2.05) is 0 Å². The molecule has 2 heterocycles. The number of hydrogen-bond donors (Lipinski definition) is 7. The van der Waals surface area contributed by atoms with E-state index in [2.05, 4.69) is 45.5 Å². The lowest BCUT2D eigenvalue weighted by atomic mass is 10.1. The van der Waals surface area contributed by atoms with Crippen molar-refractivity contribution in [1.29, 1.82) is 0 Å². The maximum atomic E-state index is 12.9. The van der Waals surface area contributed by atoms with Gasteiger partial charge >= 0.3 is 5.97 Å². The lowest BCUT2D eigenvalue weighted by Gasteiger charge is -2.11. The topological polar surface area (TPSA) is 436 Å². The fourth-order valence-corrected chi connectivity index (χ4v) is 10.5. The molecular formula is C39H33N9O19S6. The molecule has 0 amide bonds. The van der Waals surface area contributed by atoms with Crippen LogP contribution in [-0.4, -0.2) is 111 Å². The second-order valence-electron chi connectivity index (χ2n) is 14.9. The molecule has 34 heteroatoms. The van der Waals surface area contributed by atoms with Crippen LogP contribution in [0.2, 0.25) is 0 Å². The van der Waals surface area contributed by atoms with Crippen molar-refractivity contribution >= 4 is 123 Å². The quantitative estimate of drug-likeness (QED) is 0.0144. The predicted octanol–water partition coefficient (Wildman–Crippen LogP) is 7.51. The molecule has 7 aromatic rings. The molecule has 7 N–H and O–H groups in total. The molecule has 2 aromatic heterocycles. The molecule has 0 aliphatic rings. The summed E-state index contributed by atoms with van der Waals surface area (Å²) in [5.74, 6) is -3.98. The molecule has 0 fully saturated rings. The number of ether oxygens (including phenoxy) is 2. The monoisotopic (exact) mass is 1120 g/mol. The van der Waals surface area contributed by atoms with Crippen LogP contribution in [0.1, 0.15) is 28.0 Å². The number of phenols is 1. The molecule has 384 valence electrons. The second kappa shape index (κ2) is 20.8. The first-order chi connectivity index (χ1) is 34.1. The summed E-state index contributed by atoms with van der Waals surface area (Å²) in [6, 6.07) is 13.8. The highest BCUT2D eigenvalue weighted by Gasteiger charge is 2.30. The third kappa shape index (κ3) is 12.4. The van der Waals surface area contributed by atoms with Gasteiger partial charge in [-0.3, -0.25) is 18.2 Å². The molecule has 0 aliphatic carbocycles. The molecule has 5 aromatic carbocycles. The summed E-state index contributed by atoms with van der Waals surface area (Å²) in [5.41, 5.74) is -1.69. The van der Waals surface area contributed by atoms with Gasteiger partial charge < -0.3 is 24.2 Å². The zero-order valence-corrected chi connectivity index (χ0v) is 41.7. The fourth-order valence-electron chi connectivity index (χ4n) is 6.63. The van der Waals surface area contributed by atoms with E-state index in [9.17, 15) is 75.7 Å². The van der Waals surface area contributed by atoms with Crippen molar-refractivity contribution in [3.05, 3.63) is 89.6 Å². The van der Waals surface area contributed by atoms with E-state index in [4.69, 9.17) is 4.74 Å². The van der Waals surface area contributed by atoms with E-state index in [0.29, 0.717) is 44.2 Å². The number of azo groups is 3. The molecule has 0 spiro atoms. The number of phenolic OH excluding ortho intramolecular Hbond substituents is 1. The van der Waals surface area contributed by atoms with E-state index < -0.39 is 112 Å². The van der Waals surface area contributed by atoms with E-state index in [0.717, 1.165) is 42.7 Å². The van der Waals surface area contributed by atoms with Gasteiger partial charge in [-0.15, -0.1) is 30.7 Å². The number of nitrogens with zero attached hydrogens (tertiary/aromatic N) is 9. The van der Waals surface area contributed by atoms with Gasteiger partial charge in [0.1, 0.15) is 32.6 Å². The molecule has 1 unspecified atom stereocenters. The van der Waals surface area contributed by atoms with Gasteiger partial charge in [0.05, 0.1) is 51.7 Å². The maximum Gasteiger partial charge on any atom is 0.361 e. The molecule has 1 atom stereocenters. The molecular weight excluding hydrogens is 1090 g/mol. The maximum absolute atomic E-state index is 12.9. The number of carbonyl (C=O) groups is 1. The summed E-state index contributed by atoms with van der Waals surface area (Å²) in [7, 11) is -19.2. The number of thiazole rings is 1. The van der Waals surface area contributed by atoms with Gasteiger partial charge in [0.15, 0.2) is 22.5 Å². The molecule has 0 radical (unpaired) electrons. The van der Waals surface area contributed by atoms with Crippen molar-refractivity contribution < 1.29 is 85.1 Å². The molecule has 73 heavy (non-hydrogen) atoms. The number of aryl methyl sites for hydroxylation is 1. The Kier molecular flexibility index (Phi) is 15.3. The van der Waals surface area contributed by atoms with Crippen molar-refractivity contribution in [2.75, 3.05) is 19.5 Å². The molecule has 28 nitrogen and oxygen atoms in total. The standard InChI is InChI=1S/C39H33N9O19S6/c1-19-14-28(30(67-12-3-13-70(54,55)56)17-27(19)43-46-39-40-24-8-4-20(18-69(52)53)15-31(24)68-39)44-41-25-9-7-23-22(35(25)49)6-10-26(36(23)73(63,64)65)42-45-33-34(38(51)66-2)47-48(37(33)50)29-11-5-21(71(57,58)59)16-32(29)72(60,61)62/h4-11,14-17,49-50H,3,12-13,18H2,1-2H3,(H,52,53)(H,54,55,56)(H,57,58,59)(H,60,61,62)(H,63,64,65). The second-order valence-corrected chi connectivity index (χ2v) is 22.6. The number of rotatable bonds is 18. The molecule has 0 saturated carbocycles. The minimum Gasteiger partial charge on any atom is -0.505 e. The zero-order chi connectivity index (χ0) is 53.4. The van der Waals surface area contributed by atoms with Crippen molar-refractivity contribution in [2.24, 2.45) is 30.7 Å². The number of esters is 1. The number of benzene rings is 5. The average Bonchev–Trinajstić information content (AvgIpc) is 3.86. The highest BCUT2D eigenvalue weighted by molar-refractivity contribution is 7.87. The summed E-state index contributed by atoms with van der Waals surface area (Å²) < 4.78 is 167. The molecule has 7 rings (SSSR count). The highest BCUT2D eigenvalue weighted by Crippen LogP contribution is 2.44. The van der Waals surface area contributed by atoms with Crippen LogP contribution in [0.15, 0.2) is 118 Å². The number of carbonyl (C=O) groups excluding carboxylic acids is 1. The van der Waals surface area contributed by atoms with Crippen LogP contribution in [0, 0.1) is 6.92 Å². The lowest BCUT2D eigenvalue weighted by Crippen LogP contribution is -2.10. The molecule has 0 bridgehead atoms. The Balaban J connectivity index is 1.24. The van der Waals surface area contributed by atoms with Crippen LogP contribution in [-0.2, 0) is 62.0 Å². The molecule has 0 aliphatic heterocycles. The first-order valence-corrected chi connectivity index (χ1v) is 27.9. The van der Waals surface area contributed by atoms with Crippen LogP contribution in [0.5, 0.6) is 17.4 Å². The minimum atomic E-state index is -5.36. The Bertz CT molecular complexity index is 3990. The lowest BCUT2D eigenvalue weighted by molar-refractivity contribution is 0.0594. The Morgan fingerprint density at radius 3 is 2.08 bits per heavy atom. The zero-order valence-electron chi connectivity index (χ0n) is 36.8. The largest absolute Gasteiger partial charge is 0.505 e. The number of aromatic nitrogens is 3. The third-order valence-corrected chi connectivity index (χ3v) is 14.8. The van der Waals surface area contributed by atoms with Gasteiger partial charge in [0.25, 0.3) is 40.5 Å².